The lowest BCUT2D eigenvalue weighted by Gasteiger charge is -2.35. The molecule has 1 aliphatic heterocycles. The molecule has 1 unspecified atom stereocenters. The molecule has 1 atom stereocenters. The summed E-state index contributed by atoms with van der Waals surface area (Å²) in [5.74, 6) is -0.170. The van der Waals surface area contributed by atoms with Crippen LogP contribution in [-0.4, -0.2) is 37.4 Å². The number of hydrogen-bond donors (Lipinski definition) is 1. The van der Waals surface area contributed by atoms with E-state index in [0.717, 1.165) is 31.6 Å². The molecule has 2 rings (SSSR count). The van der Waals surface area contributed by atoms with Crippen LogP contribution in [0.3, 0.4) is 0 Å². The van der Waals surface area contributed by atoms with Gasteiger partial charge in [0.15, 0.2) is 0 Å². The van der Waals surface area contributed by atoms with Crippen molar-refractivity contribution in [2.75, 3.05) is 20.1 Å². The number of likely N-dealkylation sites (tertiary alicyclic amines) is 1. The van der Waals surface area contributed by atoms with Crippen LogP contribution in [0.1, 0.15) is 24.8 Å². The summed E-state index contributed by atoms with van der Waals surface area (Å²) < 4.78 is 40.2. The molecule has 21 heavy (non-hydrogen) atoms. The Labute approximate surface area is 123 Å². The van der Waals surface area contributed by atoms with E-state index in [2.05, 4.69) is 15.0 Å². The molecular weight excluding hydrogens is 281 g/mol. The van der Waals surface area contributed by atoms with Gasteiger partial charge in [0.05, 0.1) is 0 Å². The van der Waals surface area contributed by atoms with E-state index in [1.54, 1.807) is 12.1 Å². The van der Waals surface area contributed by atoms with E-state index < -0.39 is 6.36 Å². The van der Waals surface area contributed by atoms with Crippen molar-refractivity contribution in [3.05, 3.63) is 29.8 Å². The first kappa shape index (κ1) is 16.1. The van der Waals surface area contributed by atoms with Crippen molar-refractivity contribution < 1.29 is 17.9 Å². The molecule has 1 heterocycles. The highest BCUT2D eigenvalue weighted by Crippen LogP contribution is 2.24. The Kier molecular flexibility index (Phi) is 5.47. The van der Waals surface area contributed by atoms with Crippen molar-refractivity contribution in [2.45, 2.75) is 38.2 Å². The molecule has 1 N–H and O–H groups in total. The van der Waals surface area contributed by atoms with Crippen molar-refractivity contribution in [2.24, 2.45) is 0 Å². The van der Waals surface area contributed by atoms with Crippen LogP contribution in [0.25, 0.3) is 0 Å². The molecule has 0 bridgehead atoms. The maximum atomic E-state index is 12.1. The van der Waals surface area contributed by atoms with Crippen molar-refractivity contribution in [1.82, 2.24) is 10.2 Å². The summed E-state index contributed by atoms with van der Waals surface area (Å²) in [5, 5.41) is 3.20. The van der Waals surface area contributed by atoms with Gasteiger partial charge >= 0.3 is 6.36 Å². The highest BCUT2D eigenvalue weighted by atomic mass is 19.4. The highest BCUT2D eigenvalue weighted by molar-refractivity contribution is 5.27. The van der Waals surface area contributed by atoms with Gasteiger partial charge in [-0.25, -0.2) is 0 Å². The molecule has 1 saturated heterocycles. The van der Waals surface area contributed by atoms with Crippen LogP contribution in [0, 0.1) is 0 Å². The van der Waals surface area contributed by atoms with Gasteiger partial charge < -0.3 is 10.1 Å². The summed E-state index contributed by atoms with van der Waals surface area (Å²) in [5.41, 5.74) is 1.01. The van der Waals surface area contributed by atoms with Crippen LogP contribution in [-0.2, 0) is 6.54 Å². The predicted octanol–water partition coefficient (Wildman–Crippen LogP) is 3.16. The SMILES string of the molecule is CNCC1CCCCN1Cc1ccc(OC(F)(F)F)cc1. The number of nitrogens with zero attached hydrogens (tertiary/aromatic N) is 1. The van der Waals surface area contributed by atoms with Gasteiger partial charge in [-0.15, -0.1) is 13.2 Å². The smallest absolute Gasteiger partial charge is 0.406 e. The van der Waals surface area contributed by atoms with Crippen molar-refractivity contribution in [1.29, 1.82) is 0 Å². The average Bonchev–Trinajstić information content (AvgIpc) is 2.42. The molecule has 0 spiro atoms. The molecule has 1 fully saturated rings. The minimum atomic E-state index is -4.63. The van der Waals surface area contributed by atoms with Gasteiger partial charge in [0.25, 0.3) is 0 Å². The lowest BCUT2D eigenvalue weighted by Crippen LogP contribution is -2.44. The summed E-state index contributed by atoms with van der Waals surface area (Å²) in [4.78, 5) is 2.39. The number of rotatable bonds is 5. The van der Waals surface area contributed by atoms with Gasteiger partial charge in [-0.2, -0.15) is 0 Å². The van der Waals surface area contributed by atoms with Gasteiger partial charge in [0.2, 0.25) is 0 Å². The fourth-order valence-corrected chi connectivity index (χ4v) is 2.77. The molecule has 0 radical (unpaired) electrons. The fraction of sp³-hybridized carbons (Fsp3) is 0.600. The van der Waals surface area contributed by atoms with Crippen LogP contribution >= 0.6 is 0 Å². The Hall–Kier alpha value is -1.27. The number of benzene rings is 1. The zero-order chi connectivity index (χ0) is 15.3. The number of hydrogen-bond acceptors (Lipinski definition) is 3. The number of alkyl halides is 3. The standard InChI is InChI=1S/C15H21F3N2O/c1-19-10-13-4-2-3-9-20(13)11-12-5-7-14(8-6-12)21-15(16,17)18/h5-8,13,19H,2-4,9-11H2,1H3. The number of piperidine rings is 1. The average molecular weight is 302 g/mol. The predicted molar refractivity (Wildman–Crippen MR) is 75.1 cm³/mol. The Bertz CT molecular complexity index is 432. The van der Waals surface area contributed by atoms with Crippen LogP contribution in [0.15, 0.2) is 24.3 Å². The molecule has 1 aromatic carbocycles. The number of nitrogens with one attached hydrogen (secondary N) is 1. The zero-order valence-electron chi connectivity index (χ0n) is 12.1. The second-order valence-corrected chi connectivity index (χ2v) is 5.37. The molecule has 0 aromatic heterocycles. The first-order valence-corrected chi connectivity index (χ1v) is 7.21. The number of ether oxygens (including phenoxy) is 1. The summed E-state index contributed by atoms with van der Waals surface area (Å²) >= 11 is 0. The van der Waals surface area contributed by atoms with Gasteiger partial charge in [0, 0.05) is 19.1 Å². The van der Waals surface area contributed by atoms with Crippen LogP contribution in [0.2, 0.25) is 0 Å². The molecule has 1 aliphatic rings. The minimum Gasteiger partial charge on any atom is -0.406 e. The van der Waals surface area contributed by atoms with E-state index in [4.69, 9.17) is 0 Å². The first-order chi connectivity index (χ1) is 9.98. The molecule has 6 heteroatoms. The van der Waals surface area contributed by atoms with E-state index in [1.165, 1.54) is 25.0 Å². The lowest BCUT2D eigenvalue weighted by molar-refractivity contribution is -0.274. The summed E-state index contributed by atoms with van der Waals surface area (Å²) in [6.45, 7) is 2.74. The van der Waals surface area contributed by atoms with E-state index in [0.29, 0.717) is 6.04 Å². The third-order valence-electron chi connectivity index (χ3n) is 3.73. The molecule has 0 amide bonds. The third kappa shape index (κ3) is 5.21. The summed E-state index contributed by atoms with van der Waals surface area (Å²) in [6.07, 6.45) is -1.06. The molecule has 118 valence electrons. The zero-order valence-corrected chi connectivity index (χ0v) is 12.1. The monoisotopic (exact) mass is 302 g/mol. The van der Waals surface area contributed by atoms with E-state index >= 15 is 0 Å². The van der Waals surface area contributed by atoms with Gasteiger partial charge in [-0.3, -0.25) is 4.90 Å². The summed E-state index contributed by atoms with van der Waals surface area (Å²) in [7, 11) is 1.94. The van der Waals surface area contributed by atoms with Crippen LogP contribution in [0.5, 0.6) is 5.75 Å². The Morgan fingerprint density at radius 1 is 1.24 bits per heavy atom. The van der Waals surface area contributed by atoms with E-state index in [1.807, 2.05) is 7.05 Å². The van der Waals surface area contributed by atoms with Gasteiger partial charge in [-0.1, -0.05) is 18.6 Å². The Morgan fingerprint density at radius 2 is 1.95 bits per heavy atom. The Balaban J connectivity index is 1.95. The Morgan fingerprint density at radius 3 is 2.57 bits per heavy atom. The summed E-state index contributed by atoms with van der Waals surface area (Å²) in [6, 6.07) is 6.65. The minimum absolute atomic E-state index is 0.170. The van der Waals surface area contributed by atoms with Crippen LogP contribution < -0.4 is 10.1 Å². The highest BCUT2D eigenvalue weighted by Gasteiger charge is 2.31. The molecule has 0 saturated carbocycles. The van der Waals surface area contributed by atoms with Crippen molar-refractivity contribution in [3.63, 3.8) is 0 Å². The molecule has 3 nitrogen and oxygen atoms in total. The normalized spacial score (nSPS) is 20.5. The largest absolute Gasteiger partial charge is 0.573 e. The van der Waals surface area contributed by atoms with Crippen LogP contribution in [0.4, 0.5) is 13.2 Å². The fourth-order valence-electron chi connectivity index (χ4n) is 2.77. The third-order valence-corrected chi connectivity index (χ3v) is 3.73. The van der Waals surface area contributed by atoms with Crippen molar-refractivity contribution >= 4 is 0 Å². The topological polar surface area (TPSA) is 24.5 Å². The lowest BCUT2D eigenvalue weighted by atomic mass is 10.0. The van der Waals surface area contributed by atoms with E-state index in [-0.39, 0.29) is 5.75 Å². The first-order valence-electron chi connectivity index (χ1n) is 7.21. The number of likely N-dealkylation sites (N-methyl/N-ethyl adjacent to an activating group) is 1. The molecular formula is C15H21F3N2O. The van der Waals surface area contributed by atoms with Crippen molar-refractivity contribution in [3.8, 4) is 5.75 Å². The molecule has 0 aliphatic carbocycles. The quantitative estimate of drug-likeness (QED) is 0.904. The van der Waals surface area contributed by atoms with Gasteiger partial charge in [0.1, 0.15) is 5.75 Å². The maximum absolute atomic E-state index is 12.1. The second kappa shape index (κ2) is 7.13. The number of halogens is 3. The maximum Gasteiger partial charge on any atom is 0.573 e. The van der Waals surface area contributed by atoms with E-state index in [9.17, 15) is 13.2 Å². The molecule has 1 aromatic rings. The second-order valence-electron chi connectivity index (χ2n) is 5.37. The van der Waals surface area contributed by atoms with Gasteiger partial charge in [-0.05, 0) is 44.1 Å².